The fourth-order valence-corrected chi connectivity index (χ4v) is 3.75. The molecule has 3 rings (SSSR count). The Morgan fingerprint density at radius 3 is 2.30 bits per heavy atom. The zero-order valence-corrected chi connectivity index (χ0v) is 17.9. The van der Waals surface area contributed by atoms with Crippen LogP contribution in [0.5, 0.6) is 0 Å². The number of Topliss-reactive ketones (excluding diaryl/α,β-unsaturated/α-hetero) is 1. The van der Waals surface area contributed by atoms with E-state index in [0.717, 1.165) is 12.8 Å². The number of amides is 3. The van der Waals surface area contributed by atoms with E-state index in [1.165, 1.54) is 6.92 Å². The Kier molecular flexibility index (Phi) is 7.11. The SMILES string of the molecule is CC(=O)c1cccc(NC(=O)[C@H](C)C2CCN(C(=O)Nc3ccc(Cl)cc3)CC2)c1. The fraction of sp³-hybridized carbons (Fsp3) is 0.348. The van der Waals surface area contributed by atoms with Gasteiger partial charge in [0.25, 0.3) is 0 Å². The standard InChI is InChI=1S/C23H26ClN3O3/c1-15(22(29)25-21-5-3-4-18(14-21)16(2)28)17-10-12-27(13-11-17)23(30)26-20-8-6-19(24)7-9-20/h3-9,14-15,17H,10-13H2,1-2H3,(H,25,29)(H,26,30)/t15-/m1/s1. The average Bonchev–Trinajstić information content (AvgIpc) is 2.75. The van der Waals surface area contributed by atoms with Crippen molar-refractivity contribution in [1.29, 1.82) is 0 Å². The molecule has 0 aliphatic carbocycles. The highest BCUT2D eigenvalue weighted by atomic mass is 35.5. The van der Waals surface area contributed by atoms with Crippen LogP contribution in [0.25, 0.3) is 0 Å². The molecule has 1 saturated heterocycles. The number of ketones is 1. The molecule has 6 nitrogen and oxygen atoms in total. The molecule has 0 aromatic heterocycles. The topological polar surface area (TPSA) is 78.5 Å². The summed E-state index contributed by atoms with van der Waals surface area (Å²) >= 11 is 5.87. The van der Waals surface area contributed by atoms with Gasteiger partial charge < -0.3 is 15.5 Å². The van der Waals surface area contributed by atoms with Crippen molar-refractivity contribution >= 4 is 40.7 Å². The summed E-state index contributed by atoms with van der Waals surface area (Å²) in [5, 5.41) is 6.40. The largest absolute Gasteiger partial charge is 0.326 e. The van der Waals surface area contributed by atoms with Crippen LogP contribution in [0.15, 0.2) is 48.5 Å². The van der Waals surface area contributed by atoms with Crippen LogP contribution in [0.1, 0.15) is 37.0 Å². The van der Waals surface area contributed by atoms with Gasteiger partial charge in [0.15, 0.2) is 5.78 Å². The van der Waals surface area contributed by atoms with Crippen LogP contribution in [0.4, 0.5) is 16.2 Å². The highest BCUT2D eigenvalue weighted by Gasteiger charge is 2.30. The Labute approximate surface area is 181 Å². The number of benzene rings is 2. The first-order chi connectivity index (χ1) is 14.3. The molecule has 2 N–H and O–H groups in total. The molecule has 158 valence electrons. The number of carbonyl (C=O) groups excluding carboxylic acids is 3. The summed E-state index contributed by atoms with van der Waals surface area (Å²) in [7, 11) is 0. The molecule has 0 spiro atoms. The monoisotopic (exact) mass is 427 g/mol. The number of hydrogen-bond donors (Lipinski definition) is 2. The number of piperidine rings is 1. The molecular weight excluding hydrogens is 402 g/mol. The molecule has 0 radical (unpaired) electrons. The van der Waals surface area contributed by atoms with Gasteiger partial charge in [-0.05, 0) is 62.1 Å². The molecule has 0 bridgehead atoms. The molecule has 1 aliphatic heterocycles. The first-order valence-electron chi connectivity index (χ1n) is 10.1. The zero-order valence-electron chi connectivity index (χ0n) is 17.2. The lowest BCUT2D eigenvalue weighted by Crippen LogP contribution is -2.43. The molecule has 30 heavy (non-hydrogen) atoms. The van der Waals surface area contributed by atoms with Crippen molar-refractivity contribution in [2.75, 3.05) is 23.7 Å². The van der Waals surface area contributed by atoms with E-state index in [1.54, 1.807) is 53.4 Å². The Hall–Kier alpha value is -2.86. The number of halogens is 1. The van der Waals surface area contributed by atoms with Gasteiger partial charge in [-0.3, -0.25) is 9.59 Å². The number of rotatable bonds is 5. The second-order valence-corrected chi connectivity index (χ2v) is 8.11. The van der Waals surface area contributed by atoms with Crippen molar-refractivity contribution in [3.05, 3.63) is 59.1 Å². The second kappa shape index (κ2) is 9.76. The number of urea groups is 1. The smallest absolute Gasteiger partial charge is 0.321 e. The van der Waals surface area contributed by atoms with Gasteiger partial charge in [0, 0.05) is 41.0 Å². The van der Waals surface area contributed by atoms with Gasteiger partial charge in [-0.2, -0.15) is 0 Å². The average molecular weight is 428 g/mol. The van der Waals surface area contributed by atoms with Crippen molar-refractivity contribution in [1.82, 2.24) is 4.90 Å². The van der Waals surface area contributed by atoms with E-state index in [9.17, 15) is 14.4 Å². The molecule has 0 saturated carbocycles. The Morgan fingerprint density at radius 1 is 1.00 bits per heavy atom. The van der Waals surface area contributed by atoms with Crippen LogP contribution in [0.2, 0.25) is 5.02 Å². The number of nitrogens with zero attached hydrogens (tertiary/aromatic N) is 1. The first kappa shape index (κ1) is 21.8. The number of carbonyl (C=O) groups is 3. The fourth-order valence-electron chi connectivity index (χ4n) is 3.62. The summed E-state index contributed by atoms with van der Waals surface area (Å²) < 4.78 is 0. The van der Waals surface area contributed by atoms with Gasteiger partial charge >= 0.3 is 6.03 Å². The summed E-state index contributed by atoms with van der Waals surface area (Å²) in [4.78, 5) is 38.4. The second-order valence-electron chi connectivity index (χ2n) is 7.68. The third kappa shape index (κ3) is 5.60. The van der Waals surface area contributed by atoms with E-state index in [-0.39, 0.29) is 29.6 Å². The van der Waals surface area contributed by atoms with Crippen molar-refractivity contribution in [2.45, 2.75) is 26.7 Å². The number of nitrogens with one attached hydrogen (secondary N) is 2. The molecule has 1 aliphatic rings. The van der Waals surface area contributed by atoms with Crippen LogP contribution in [0.3, 0.4) is 0 Å². The summed E-state index contributed by atoms with van der Waals surface area (Å²) in [6.07, 6.45) is 1.52. The van der Waals surface area contributed by atoms with Gasteiger partial charge in [-0.1, -0.05) is 30.7 Å². The van der Waals surface area contributed by atoms with E-state index in [0.29, 0.717) is 35.1 Å². The van der Waals surface area contributed by atoms with Crippen LogP contribution in [-0.4, -0.2) is 35.7 Å². The molecular formula is C23H26ClN3O3. The third-order valence-corrected chi connectivity index (χ3v) is 5.83. The summed E-state index contributed by atoms with van der Waals surface area (Å²) in [6.45, 7) is 4.61. The summed E-state index contributed by atoms with van der Waals surface area (Å²) in [5.41, 5.74) is 1.90. The maximum absolute atomic E-state index is 12.7. The quantitative estimate of drug-likeness (QED) is 0.654. The van der Waals surface area contributed by atoms with Crippen LogP contribution >= 0.6 is 11.6 Å². The number of anilines is 2. The molecule has 7 heteroatoms. The lowest BCUT2D eigenvalue weighted by atomic mass is 9.85. The van der Waals surface area contributed by atoms with Gasteiger partial charge in [-0.15, -0.1) is 0 Å². The highest BCUT2D eigenvalue weighted by molar-refractivity contribution is 6.30. The van der Waals surface area contributed by atoms with Crippen molar-refractivity contribution < 1.29 is 14.4 Å². The Bertz CT molecular complexity index is 922. The predicted octanol–water partition coefficient (Wildman–Crippen LogP) is 5.06. The molecule has 2 aromatic rings. The van der Waals surface area contributed by atoms with E-state index in [4.69, 9.17) is 11.6 Å². The van der Waals surface area contributed by atoms with Gasteiger partial charge in [0.2, 0.25) is 5.91 Å². The number of hydrogen-bond acceptors (Lipinski definition) is 3. The number of likely N-dealkylation sites (tertiary alicyclic amines) is 1. The minimum Gasteiger partial charge on any atom is -0.326 e. The first-order valence-corrected chi connectivity index (χ1v) is 10.4. The van der Waals surface area contributed by atoms with Gasteiger partial charge in [-0.25, -0.2) is 4.79 Å². The molecule has 1 heterocycles. The molecule has 3 amide bonds. The minimum absolute atomic E-state index is 0.0385. The summed E-state index contributed by atoms with van der Waals surface area (Å²) in [6, 6.07) is 13.8. The van der Waals surface area contributed by atoms with Crippen LogP contribution < -0.4 is 10.6 Å². The molecule has 2 aromatic carbocycles. The van der Waals surface area contributed by atoms with Gasteiger partial charge in [0.1, 0.15) is 0 Å². The summed E-state index contributed by atoms with van der Waals surface area (Å²) in [5.74, 6) is -0.101. The lowest BCUT2D eigenvalue weighted by molar-refractivity contribution is -0.121. The minimum atomic E-state index is -0.188. The van der Waals surface area contributed by atoms with E-state index in [1.807, 2.05) is 6.92 Å². The maximum Gasteiger partial charge on any atom is 0.321 e. The highest BCUT2D eigenvalue weighted by Crippen LogP contribution is 2.27. The lowest BCUT2D eigenvalue weighted by Gasteiger charge is -2.34. The van der Waals surface area contributed by atoms with Crippen LogP contribution in [0, 0.1) is 11.8 Å². The van der Waals surface area contributed by atoms with Crippen molar-refractivity contribution in [2.24, 2.45) is 11.8 Å². The molecule has 0 unspecified atom stereocenters. The predicted molar refractivity (Wildman–Crippen MR) is 119 cm³/mol. The maximum atomic E-state index is 12.7. The molecule has 1 fully saturated rings. The molecule has 1 atom stereocenters. The van der Waals surface area contributed by atoms with Gasteiger partial charge in [0.05, 0.1) is 0 Å². The van der Waals surface area contributed by atoms with Crippen molar-refractivity contribution in [3.8, 4) is 0 Å². The third-order valence-electron chi connectivity index (χ3n) is 5.58. The Balaban J connectivity index is 1.50. The van der Waals surface area contributed by atoms with Crippen LogP contribution in [-0.2, 0) is 4.79 Å². The van der Waals surface area contributed by atoms with E-state index < -0.39 is 0 Å². The van der Waals surface area contributed by atoms with Crippen molar-refractivity contribution in [3.63, 3.8) is 0 Å². The van der Waals surface area contributed by atoms with E-state index in [2.05, 4.69) is 10.6 Å². The Morgan fingerprint density at radius 2 is 1.67 bits per heavy atom. The normalized spacial score (nSPS) is 15.4. The zero-order chi connectivity index (χ0) is 21.7. The van der Waals surface area contributed by atoms with E-state index >= 15 is 0 Å².